The molecular weight excluding hydrogens is 332 g/mol. The van der Waals surface area contributed by atoms with Crippen molar-refractivity contribution in [1.29, 1.82) is 5.26 Å². The number of fused-ring (bicyclic) bond motifs is 2. The fourth-order valence-corrected chi connectivity index (χ4v) is 4.32. The van der Waals surface area contributed by atoms with Crippen LogP contribution < -0.4 is 5.43 Å². The smallest absolute Gasteiger partial charge is 0.0960 e. The van der Waals surface area contributed by atoms with E-state index in [-0.39, 0.29) is 12.0 Å². The van der Waals surface area contributed by atoms with Gasteiger partial charge in [-0.25, -0.2) is 0 Å². The van der Waals surface area contributed by atoms with E-state index in [2.05, 4.69) is 58.8 Å². The first-order valence-electron chi connectivity index (χ1n) is 9.49. The Kier molecular flexibility index (Phi) is 5.04. The van der Waals surface area contributed by atoms with Crippen molar-refractivity contribution in [3.63, 3.8) is 0 Å². The lowest BCUT2D eigenvalue weighted by molar-refractivity contribution is 0.0980. The van der Waals surface area contributed by atoms with Crippen molar-refractivity contribution >= 4 is 11.4 Å². The highest BCUT2D eigenvalue weighted by atomic mass is 15.3. The van der Waals surface area contributed by atoms with Crippen LogP contribution in [0.3, 0.4) is 0 Å². The number of piperidine rings is 1. The molecule has 0 saturated carbocycles. The van der Waals surface area contributed by atoms with Crippen LogP contribution in [0.2, 0.25) is 0 Å². The third-order valence-electron chi connectivity index (χ3n) is 5.56. The lowest BCUT2D eigenvalue weighted by Crippen LogP contribution is -2.54. The molecule has 2 aromatic rings. The van der Waals surface area contributed by atoms with Crippen LogP contribution >= 0.6 is 0 Å². The van der Waals surface area contributed by atoms with Gasteiger partial charge in [0.2, 0.25) is 0 Å². The van der Waals surface area contributed by atoms with Crippen molar-refractivity contribution in [1.82, 2.24) is 4.90 Å². The molecule has 4 nitrogen and oxygen atoms in total. The van der Waals surface area contributed by atoms with Crippen molar-refractivity contribution < 1.29 is 0 Å². The Morgan fingerprint density at radius 2 is 1.85 bits per heavy atom. The van der Waals surface area contributed by atoms with Crippen molar-refractivity contribution in [3.8, 4) is 6.07 Å². The molecule has 1 saturated heterocycles. The number of rotatable bonds is 5. The van der Waals surface area contributed by atoms with Crippen molar-refractivity contribution in [2.45, 2.75) is 25.9 Å². The molecule has 0 aromatic heterocycles. The molecule has 3 aliphatic rings. The van der Waals surface area contributed by atoms with Crippen LogP contribution in [0.4, 0.5) is 5.69 Å². The zero-order chi connectivity index (χ0) is 18.6. The second kappa shape index (κ2) is 7.77. The zero-order valence-electron chi connectivity index (χ0n) is 15.5. The summed E-state index contributed by atoms with van der Waals surface area (Å²) in [6, 6.07) is 23.1. The number of benzene rings is 2. The Bertz CT molecular complexity index is 880. The van der Waals surface area contributed by atoms with Crippen LogP contribution in [0.5, 0.6) is 0 Å². The van der Waals surface area contributed by atoms with Crippen molar-refractivity contribution in [2.24, 2.45) is 16.9 Å². The average molecular weight is 356 g/mol. The molecule has 1 aliphatic carbocycles. The molecule has 0 amide bonds. The van der Waals surface area contributed by atoms with Gasteiger partial charge in [-0.3, -0.25) is 10.3 Å². The van der Waals surface area contributed by atoms with E-state index < -0.39 is 0 Å². The monoisotopic (exact) mass is 356 g/mol. The molecule has 1 N–H and O–H groups in total. The van der Waals surface area contributed by atoms with Crippen LogP contribution in [-0.4, -0.2) is 23.2 Å². The van der Waals surface area contributed by atoms with Crippen LogP contribution in [0, 0.1) is 23.2 Å². The summed E-state index contributed by atoms with van der Waals surface area (Å²) in [6.45, 7) is 3.97. The summed E-state index contributed by atoms with van der Waals surface area (Å²) < 4.78 is 0. The number of hydrogen-bond donors (Lipinski definition) is 1. The van der Waals surface area contributed by atoms with Gasteiger partial charge in [0, 0.05) is 30.3 Å². The van der Waals surface area contributed by atoms with E-state index in [9.17, 15) is 5.26 Å². The number of hydrazone groups is 1. The predicted octanol–water partition coefficient (Wildman–Crippen LogP) is 4.44. The molecule has 2 aromatic carbocycles. The van der Waals surface area contributed by atoms with Gasteiger partial charge in [-0.15, -0.1) is 0 Å². The van der Waals surface area contributed by atoms with Crippen LogP contribution in [0.1, 0.15) is 18.9 Å². The molecule has 3 unspecified atom stereocenters. The maximum atomic E-state index is 9.70. The topological polar surface area (TPSA) is 51.4 Å². The van der Waals surface area contributed by atoms with Gasteiger partial charge in [-0.05, 0) is 37.0 Å². The minimum absolute atomic E-state index is 0.113. The van der Waals surface area contributed by atoms with Crippen LogP contribution in [0.15, 0.2) is 77.4 Å². The number of nitrogens with one attached hydrogen (secondary N) is 1. The molecule has 2 heterocycles. The molecule has 2 bridgehead atoms. The molecule has 2 aliphatic heterocycles. The third-order valence-corrected chi connectivity index (χ3v) is 5.56. The number of nitriles is 1. The van der Waals surface area contributed by atoms with Crippen LogP contribution in [-0.2, 0) is 6.54 Å². The molecule has 136 valence electrons. The lowest BCUT2D eigenvalue weighted by Gasteiger charge is -2.48. The van der Waals surface area contributed by atoms with E-state index in [1.807, 2.05) is 36.4 Å². The lowest BCUT2D eigenvalue weighted by atomic mass is 9.72. The summed E-state index contributed by atoms with van der Waals surface area (Å²) in [4.78, 5) is 2.45. The summed E-state index contributed by atoms with van der Waals surface area (Å²) in [6.07, 6.45) is 3.24. The van der Waals surface area contributed by atoms with Gasteiger partial charge in [-0.1, -0.05) is 54.6 Å². The van der Waals surface area contributed by atoms with Crippen molar-refractivity contribution in [3.05, 3.63) is 77.9 Å². The van der Waals surface area contributed by atoms with Gasteiger partial charge in [0.15, 0.2) is 0 Å². The fraction of sp³-hybridized carbons (Fsp3) is 0.304. The maximum Gasteiger partial charge on any atom is 0.0960 e. The van der Waals surface area contributed by atoms with E-state index in [1.54, 1.807) is 0 Å². The van der Waals surface area contributed by atoms with Gasteiger partial charge in [0.1, 0.15) is 0 Å². The van der Waals surface area contributed by atoms with E-state index in [0.29, 0.717) is 5.92 Å². The fourth-order valence-electron chi connectivity index (χ4n) is 4.32. The molecule has 4 heteroatoms. The Balaban J connectivity index is 1.56. The first kappa shape index (κ1) is 17.5. The zero-order valence-corrected chi connectivity index (χ0v) is 15.5. The van der Waals surface area contributed by atoms with E-state index in [1.165, 1.54) is 5.56 Å². The second-order valence-corrected chi connectivity index (χ2v) is 7.43. The minimum atomic E-state index is 0.113. The van der Waals surface area contributed by atoms with E-state index >= 15 is 0 Å². The molecule has 27 heavy (non-hydrogen) atoms. The average Bonchev–Trinajstić information content (AvgIpc) is 2.73. The van der Waals surface area contributed by atoms with Gasteiger partial charge < -0.3 is 0 Å². The summed E-state index contributed by atoms with van der Waals surface area (Å²) in [5.74, 6) is 0.684. The molecule has 3 atom stereocenters. The van der Waals surface area contributed by atoms with Crippen molar-refractivity contribution in [2.75, 3.05) is 12.0 Å². The second-order valence-electron chi connectivity index (χ2n) is 7.43. The summed E-state index contributed by atoms with van der Waals surface area (Å²) >= 11 is 0. The first-order chi connectivity index (χ1) is 13.2. The Hall–Kier alpha value is -2.90. The number of para-hydroxylation sites is 1. The Morgan fingerprint density at radius 3 is 2.56 bits per heavy atom. The number of hydrogen-bond acceptors (Lipinski definition) is 4. The predicted molar refractivity (Wildman–Crippen MR) is 109 cm³/mol. The number of nitrogens with zero attached hydrogens (tertiary/aromatic N) is 3. The minimum Gasteiger partial charge on any atom is -0.290 e. The largest absolute Gasteiger partial charge is 0.290 e. The summed E-state index contributed by atoms with van der Waals surface area (Å²) in [5, 5.41) is 14.4. The first-order valence-corrected chi connectivity index (χ1v) is 9.49. The van der Waals surface area contributed by atoms with E-state index in [0.717, 1.165) is 36.5 Å². The molecule has 1 fully saturated rings. The standard InChI is InChI=1S/C23H24N4/c1-17(25-26-21-10-6-3-7-11-21)22-13-19-12-20(14-24)23(22)27(16-19)15-18-8-4-2-5-9-18/h2-12,19,22-23,26H,13,15-16H2,1H3. The normalized spacial score (nSPS) is 25.0. The highest BCUT2D eigenvalue weighted by Gasteiger charge is 2.43. The highest BCUT2D eigenvalue weighted by Crippen LogP contribution is 2.39. The number of anilines is 1. The van der Waals surface area contributed by atoms with Gasteiger partial charge in [-0.2, -0.15) is 10.4 Å². The van der Waals surface area contributed by atoms with Crippen LogP contribution in [0.25, 0.3) is 0 Å². The quantitative estimate of drug-likeness (QED) is 0.636. The van der Waals surface area contributed by atoms with E-state index in [4.69, 9.17) is 0 Å². The molecule has 5 rings (SSSR count). The Labute approximate surface area is 160 Å². The van der Waals surface area contributed by atoms with Gasteiger partial charge in [0.05, 0.1) is 17.8 Å². The van der Waals surface area contributed by atoms with Gasteiger partial charge in [0.25, 0.3) is 0 Å². The summed E-state index contributed by atoms with van der Waals surface area (Å²) in [7, 11) is 0. The summed E-state index contributed by atoms with van der Waals surface area (Å²) in [5.41, 5.74) is 7.40. The maximum absolute atomic E-state index is 9.70. The molecular formula is C23H24N4. The van der Waals surface area contributed by atoms with Gasteiger partial charge >= 0.3 is 0 Å². The molecule has 0 spiro atoms. The highest BCUT2D eigenvalue weighted by molar-refractivity contribution is 5.86. The third kappa shape index (κ3) is 3.79. The SMILES string of the molecule is CC(=NNc1ccccc1)C1CC2C=C(C#N)C1N(Cc1ccccc1)C2. The Morgan fingerprint density at radius 1 is 1.15 bits per heavy atom. The molecule has 0 radical (unpaired) electrons.